The summed E-state index contributed by atoms with van der Waals surface area (Å²) in [4.78, 5) is 22.2. The molecule has 0 heterocycles. The van der Waals surface area contributed by atoms with Crippen LogP contribution in [0.2, 0.25) is 0 Å². The van der Waals surface area contributed by atoms with Gasteiger partial charge in [0.1, 0.15) is 0 Å². The third-order valence-corrected chi connectivity index (χ3v) is 4.17. The molecular weight excluding hydrogens is 343 g/mol. The minimum absolute atomic E-state index is 0.0279. The van der Waals surface area contributed by atoms with E-state index in [1.165, 1.54) is 6.07 Å². The minimum atomic E-state index is -4.94. The van der Waals surface area contributed by atoms with Crippen molar-refractivity contribution in [2.45, 2.75) is 4.90 Å². The summed E-state index contributed by atoms with van der Waals surface area (Å²) in [5, 5.41) is 17.6. The van der Waals surface area contributed by atoms with E-state index in [2.05, 4.69) is 0 Å². The van der Waals surface area contributed by atoms with Crippen LogP contribution in [0.3, 0.4) is 0 Å². The van der Waals surface area contributed by atoms with Gasteiger partial charge in [0.2, 0.25) is 0 Å². The average Bonchev–Trinajstić information content (AvgIpc) is 2.44. The Labute approximate surface area is 149 Å². The SMILES string of the molecule is O=C(O)c1c[c]([Na])cc(C(=O)OCCOCCO)c1S(=O)(=O)O. The van der Waals surface area contributed by atoms with E-state index >= 15 is 0 Å². The molecule has 0 bridgehead atoms. The number of aliphatic hydroxyl groups is 1. The van der Waals surface area contributed by atoms with Crippen LogP contribution in [0.1, 0.15) is 20.7 Å². The summed E-state index contributed by atoms with van der Waals surface area (Å²) in [5.74, 6) is -2.68. The Bertz CT molecular complexity index is 699. The van der Waals surface area contributed by atoms with E-state index in [0.717, 1.165) is 6.07 Å². The van der Waals surface area contributed by atoms with Crippen molar-refractivity contribution in [3.8, 4) is 0 Å². The first-order valence-corrected chi connectivity index (χ1v) is 8.83. The van der Waals surface area contributed by atoms with Crippen LogP contribution in [0.25, 0.3) is 0 Å². The van der Waals surface area contributed by atoms with Crippen molar-refractivity contribution < 1.29 is 42.2 Å². The Hall–Kier alpha value is -1.01. The van der Waals surface area contributed by atoms with Crippen molar-refractivity contribution in [3.05, 3.63) is 23.3 Å². The Morgan fingerprint density at radius 3 is 2.26 bits per heavy atom. The summed E-state index contributed by atoms with van der Waals surface area (Å²) in [6, 6.07) is 2.25. The van der Waals surface area contributed by atoms with Crippen molar-refractivity contribution in [2.75, 3.05) is 26.4 Å². The molecule has 0 saturated carbocycles. The fourth-order valence-corrected chi connectivity index (χ4v) is 3.22. The Balaban J connectivity index is 3.14. The Kier molecular flexibility index (Phi) is 7.61. The maximum atomic E-state index is 12.0. The molecule has 1 rings (SSSR count). The number of benzene rings is 1. The van der Waals surface area contributed by atoms with Crippen LogP contribution in [-0.2, 0) is 19.6 Å². The van der Waals surface area contributed by atoms with Crippen LogP contribution in [0.5, 0.6) is 0 Å². The van der Waals surface area contributed by atoms with Crippen LogP contribution in [0.15, 0.2) is 17.0 Å². The van der Waals surface area contributed by atoms with Gasteiger partial charge in [-0.2, -0.15) is 0 Å². The zero-order valence-electron chi connectivity index (χ0n) is 12.2. The normalized spacial score (nSPS) is 11.3. The van der Waals surface area contributed by atoms with E-state index in [1.54, 1.807) is 0 Å². The molecular formula is C12H13NaO9S. The van der Waals surface area contributed by atoms with Crippen LogP contribution in [-0.4, -0.2) is 89.5 Å². The van der Waals surface area contributed by atoms with E-state index in [4.69, 9.17) is 19.7 Å². The van der Waals surface area contributed by atoms with Crippen molar-refractivity contribution in [1.29, 1.82) is 0 Å². The molecule has 1 aromatic carbocycles. The zero-order valence-corrected chi connectivity index (χ0v) is 15.0. The number of ether oxygens (including phenoxy) is 2. The number of carboxylic acid groups (broad SMARTS) is 1. The maximum absolute atomic E-state index is 12.0. The first-order valence-electron chi connectivity index (χ1n) is 6.39. The fraction of sp³-hybridized carbons (Fsp3) is 0.333. The second kappa shape index (κ2) is 8.73. The van der Waals surface area contributed by atoms with Crippen LogP contribution >= 0.6 is 0 Å². The topological polar surface area (TPSA) is 147 Å². The van der Waals surface area contributed by atoms with E-state index in [9.17, 15) is 22.6 Å². The van der Waals surface area contributed by atoms with E-state index < -0.39 is 38.1 Å². The number of carbonyl (C=O) groups excluding carboxylic acids is 1. The number of carbonyl (C=O) groups is 2. The van der Waals surface area contributed by atoms with Crippen molar-refractivity contribution in [3.63, 3.8) is 0 Å². The third-order valence-electron chi connectivity index (χ3n) is 2.64. The number of hydrogen-bond acceptors (Lipinski definition) is 7. The molecule has 0 aromatic heterocycles. The third kappa shape index (κ3) is 5.84. The predicted octanol–water partition coefficient (Wildman–Crippen LogP) is -1.41. The first-order chi connectivity index (χ1) is 10.7. The van der Waals surface area contributed by atoms with Gasteiger partial charge in [-0.3, -0.25) is 0 Å². The van der Waals surface area contributed by atoms with Crippen LogP contribution in [0.4, 0.5) is 0 Å². The summed E-state index contributed by atoms with van der Waals surface area (Å²) < 4.78 is 42.3. The molecule has 0 radical (unpaired) electrons. The monoisotopic (exact) mass is 356 g/mol. The molecule has 0 spiro atoms. The van der Waals surface area contributed by atoms with Gasteiger partial charge in [0.05, 0.1) is 0 Å². The Morgan fingerprint density at radius 2 is 1.74 bits per heavy atom. The van der Waals surface area contributed by atoms with Gasteiger partial charge in [-0.15, -0.1) is 0 Å². The van der Waals surface area contributed by atoms with E-state index in [-0.39, 0.29) is 26.4 Å². The molecule has 11 heteroatoms. The molecule has 0 amide bonds. The molecule has 0 saturated heterocycles. The van der Waals surface area contributed by atoms with Crippen LogP contribution in [0, 0.1) is 0 Å². The molecule has 0 atom stereocenters. The molecule has 9 nitrogen and oxygen atoms in total. The summed E-state index contributed by atoms with van der Waals surface area (Å²) in [7, 11) is -4.94. The fourth-order valence-electron chi connectivity index (χ4n) is 1.80. The van der Waals surface area contributed by atoms with Gasteiger partial charge in [0.15, 0.2) is 0 Å². The molecule has 3 N–H and O–H groups in total. The number of rotatable bonds is 8. The number of aliphatic hydroxyl groups excluding tert-OH is 1. The van der Waals surface area contributed by atoms with Gasteiger partial charge in [0.25, 0.3) is 0 Å². The van der Waals surface area contributed by atoms with E-state index in [1.807, 2.05) is 0 Å². The van der Waals surface area contributed by atoms with Crippen LogP contribution < -0.4 is 2.81 Å². The Morgan fingerprint density at radius 1 is 1.13 bits per heavy atom. The van der Waals surface area contributed by atoms with Gasteiger partial charge in [0, 0.05) is 0 Å². The summed E-state index contributed by atoms with van der Waals surface area (Å²) in [6.07, 6.45) is 0. The molecule has 23 heavy (non-hydrogen) atoms. The molecule has 1 aromatic rings. The zero-order chi connectivity index (χ0) is 17.6. The molecule has 0 aliphatic rings. The quantitative estimate of drug-likeness (QED) is 0.221. The number of esters is 1. The predicted molar refractivity (Wildman–Crippen MR) is 76.8 cm³/mol. The summed E-state index contributed by atoms with van der Waals surface area (Å²) in [6.45, 7) is -0.407. The molecule has 0 aliphatic heterocycles. The number of aromatic carboxylic acids is 1. The molecule has 0 fully saturated rings. The molecule has 0 unspecified atom stereocenters. The molecule has 0 aliphatic carbocycles. The standard InChI is InChI=1S/C12H13O9S.Na/c13-4-5-20-6-7-21-12(16)9-3-1-2-8(11(14)15)10(9)22(17,18)19;/h2-3,13H,4-7H2,(H,14,15)(H,17,18,19);. The first kappa shape index (κ1) is 20.0. The van der Waals surface area contributed by atoms with Crippen molar-refractivity contribution in [1.82, 2.24) is 0 Å². The van der Waals surface area contributed by atoms with Gasteiger partial charge in [-0.1, -0.05) is 0 Å². The molecule has 122 valence electrons. The summed E-state index contributed by atoms with van der Waals surface area (Å²) >= 11 is 0.354. The van der Waals surface area contributed by atoms with E-state index in [0.29, 0.717) is 30.7 Å². The van der Waals surface area contributed by atoms with Gasteiger partial charge >= 0.3 is 150 Å². The van der Waals surface area contributed by atoms with Gasteiger partial charge in [-0.25, -0.2) is 0 Å². The number of hydrogen-bond donors (Lipinski definition) is 3. The van der Waals surface area contributed by atoms with Gasteiger partial charge < -0.3 is 0 Å². The second-order valence-corrected chi connectivity index (χ2v) is 6.95. The van der Waals surface area contributed by atoms with Crippen molar-refractivity contribution >= 4 is 52.8 Å². The van der Waals surface area contributed by atoms with Gasteiger partial charge in [-0.05, 0) is 0 Å². The van der Waals surface area contributed by atoms with Crippen molar-refractivity contribution in [2.24, 2.45) is 0 Å². The summed E-state index contributed by atoms with van der Waals surface area (Å²) in [5.41, 5.74) is -1.23. The average molecular weight is 356 g/mol. The number of carboxylic acids is 1. The second-order valence-electron chi connectivity index (χ2n) is 4.44.